The van der Waals surface area contributed by atoms with Crippen LogP contribution in [0.5, 0.6) is 0 Å². The highest BCUT2D eigenvalue weighted by molar-refractivity contribution is 5.62. The van der Waals surface area contributed by atoms with E-state index in [0.717, 1.165) is 6.42 Å². The molecule has 1 aliphatic heterocycles. The van der Waals surface area contributed by atoms with Crippen LogP contribution in [-0.4, -0.2) is 18.8 Å². The van der Waals surface area contributed by atoms with E-state index in [1.54, 1.807) is 0 Å². The van der Waals surface area contributed by atoms with Gasteiger partial charge in [-0.2, -0.15) is 0 Å². The predicted octanol–water partition coefficient (Wildman–Crippen LogP) is 3.34. The summed E-state index contributed by atoms with van der Waals surface area (Å²) in [5, 5.41) is 9.38. The second-order valence-corrected chi connectivity index (χ2v) is 5.14. The lowest BCUT2D eigenvalue weighted by Crippen LogP contribution is -2.22. The predicted molar refractivity (Wildman–Crippen MR) is 78.5 cm³/mol. The fourth-order valence-electron chi connectivity index (χ4n) is 3.27. The molecule has 98 valence electrons. The molecule has 1 heterocycles. The normalized spacial score (nSPS) is 21.5. The molecule has 1 N–H and O–H groups in total. The molecule has 0 aliphatic carbocycles. The number of aliphatic hydroxyl groups excluding tert-OH is 1. The van der Waals surface area contributed by atoms with Crippen LogP contribution in [0.25, 0.3) is 0 Å². The average molecular weight is 253 g/mol. The smallest absolute Gasteiger partial charge is 0.0609 e. The molecule has 0 unspecified atom stereocenters. The van der Waals surface area contributed by atoms with Crippen molar-refractivity contribution >= 4 is 5.69 Å². The number of rotatable bonds is 3. The molecule has 0 fully saturated rings. The minimum absolute atomic E-state index is 0.232. The van der Waals surface area contributed by atoms with Crippen molar-refractivity contribution < 1.29 is 5.11 Å². The zero-order valence-electron chi connectivity index (χ0n) is 11.2. The molecule has 0 radical (unpaired) electrons. The first-order valence-corrected chi connectivity index (χ1v) is 6.80. The summed E-state index contributed by atoms with van der Waals surface area (Å²) in [5.41, 5.74) is 3.96. The van der Waals surface area contributed by atoms with Gasteiger partial charge in [-0.15, -0.1) is 0 Å². The van der Waals surface area contributed by atoms with Crippen LogP contribution in [0.2, 0.25) is 0 Å². The third kappa shape index (κ3) is 2.02. The van der Waals surface area contributed by atoms with Crippen LogP contribution in [0, 0.1) is 0 Å². The number of hydrogen-bond donors (Lipinski definition) is 1. The number of likely N-dealkylation sites (N-methyl/N-ethyl adjacent to an activating group) is 1. The van der Waals surface area contributed by atoms with Crippen molar-refractivity contribution in [1.82, 2.24) is 0 Å². The highest BCUT2D eigenvalue weighted by atomic mass is 16.3. The molecule has 0 aromatic heterocycles. The molecule has 19 heavy (non-hydrogen) atoms. The highest BCUT2D eigenvalue weighted by Crippen LogP contribution is 2.49. The summed E-state index contributed by atoms with van der Waals surface area (Å²) >= 11 is 0. The quantitative estimate of drug-likeness (QED) is 0.906. The van der Waals surface area contributed by atoms with E-state index in [-0.39, 0.29) is 6.61 Å². The van der Waals surface area contributed by atoms with E-state index in [1.807, 2.05) is 6.07 Å². The Bertz CT molecular complexity index is 552. The molecule has 2 aromatic carbocycles. The van der Waals surface area contributed by atoms with E-state index < -0.39 is 0 Å². The van der Waals surface area contributed by atoms with Crippen LogP contribution < -0.4 is 4.90 Å². The second kappa shape index (κ2) is 5.06. The summed E-state index contributed by atoms with van der Waals surface area (Å²) in [6, 6.07) is 19.4. The van der Waals surface area contributed by atoms with Crippen molar-refractivity contribution in [3.8, 4) is 0 Å². The van der Waals surface area contributed by atoms with Crippen LogP contribution >= 0.6 is 0 Å². The topological polar surface area (TPSA) is 23.5 Å². The standard InChI is InChI=1S/C17H19NO/c1-18-16-10-6-5-9-14(16)15(11-12-19)17(18)13-7-3-2-4-8-13/h2-10,15,17,19H,11-12H2,1H3/t15-,17-/m1/s1. The number of anilines is 1. The van der Waals surface area contributed by atoms with Crippen molar-refractivity contribution in [2.75, 3.05) is 18.6 Å². The molecule has 0 bridgehead atoms. The van der Waals surface area contributed by atoms with Crippen molar-refractivity contribution in [2.45, 2.75) is 18.4 Å². The summed E-state index contributed by atoms with van der Waals surface area (Å²) in [5.74, 6) is 0.369. The number of benzene rings is 2. The van der Waals surface area contributed by atoms with Gasteiger partial charge in [0.1, 0.15) is 0 Å². The minimum Gasteiger partial charge on any atom is -0.396 e. The van der Waals surface area contributed by atoms with Gasteiger partial charge in [0.15, 0.2) is 0 Å². The van der Waals surface area contributed by atoms with Gasteiger partial charge in [-0.05, 0) is 23.6 Å². The van der Waals surface area contributed by atoms with Gasteiger partial charge < -0.3 is 10.0 Å². The van der Waals surface area contributed by atoms with Crippen LogP contribution in [0.15, 0.2) is 54.6 Å². The maximum atomic E-state index is 9.38. The van der Waals surface area contributed by atoms with E-state index in [0.29, 0.717) is 12.0 Å². The third-order valence-corrected chi connectivity index (χ3v) is 4.10. The number of para-hydroxylation sites is 1. The Morgan fingerprint density at radius 2 is 1.68 bits per heavy atom. The van der Waals surface area contributed by atoms with Gasteiger partial charge in [0.05, 0.1) is 6.04 Å². The molecule has 0 saturated carbocycles. The van der Waals surface area contributed by atoms with Crippen LogP contribution in [0.4, 0.5) is 5.69 Å². The Balaban J connectivity index is 2.05. The van der Waals surface area contributed by atoms with Crippen molar-refractivity contribution in [3.63, 3.8) is 0 Å². The van der Waals surface area contributed by atoms with Gasteiger partial charge in [0.25, 0.3) is 0 Å². The maximum Gasteiger partial charge on any atom is 0.0609 e. The van der Waals surface area contributed by atoms with Gasteiger partial charge in [0, 0.05) is 25.3 Å². The van der Waals surface area contributed by atoms with Crippen LogP contribution in [-0.2, 0) is 0 Å². The number of hydrogen-bond acceptors (Lipinski definition) is 2. The molecular weight excluding hydrogens is 234 g/mol. The molecule has 2 nitrogen and oxygen atoms in total. The number of nitrogens with zero attached hydrogens (tertiary/aromatic N) is 1. The number of aliphatic hydroxyl groups is 1. The Morgan fingerprint density at radius 1 is 1.00 bits per heavy atom. The van der Waals surface area contributed by atoms with Gasteiger partial charge in [-0.1, -0.05) is 48.5 Å². The van der Waals surface area contributed by atoms with Crippen molar-refractivity contribution in [3.05, 3.63) is 65.7 Å². The van der Waals surface area contributed by atoms with E-state index in [1.165, 1.54) is 16.8 Å². The first-order valence-electron chi connectivity index (χ1n) is 6.80. The first kappa shape index (κ1) is 12.2. The molecule has 1 aliphatic rings. The molecular formula is C17H19NO. The number of fused-ring (bicyclic) bond motifs is 1. The molecule has 0 saturated heterocycles. The molecule has 2 atom stereocenters. The minimum atomic E-state index is 0.232. The summed E-state index contributed by atoms with van der Waals surface area (Å²) in [4.78, 5) is 2.34. The molecule has 0 amide bonds. The van der Waals surface area contributed by atoms with Crippen molar-refractivity contribution in [1.29, 1.82) is 0 Å². The Kier molecular flexibility index (Phi) is 3.26. The maximum absolute atomic E-state index is 9.38. The van der Waals surface area contributed by atoms with Gasteiger partial charge in [0.2, 0.25) is 0 Å². The summed E-state index contributed by atoms with van der Waals surface area (Å²) < 4.78 is 0. The zero-order chi connectivity index (χ0) is 13.2. The summed E-state index contributed by atoms with van der Waals surface area (Å²) in [6.45, 7) is 0.232. The van der Waals surface area contributed by atoms with Crippen LogP contribution in [0.1, 0.15) is 29.5 Å². The van der Waals surface area contributed by atoms with Gasteiger partial charge in [-0.25, -0.2) is 0 Å². The monoisotopic (exact) mass is 253 g/mol. The SMILES string of the molecule is CN1c2ccccc2[C@@H](CCO)[C@H]1c1ccccc1. The van der Waals surface area contributed by atoms with E-state index in [2.05, 4.69) is 60.5 Å². The van der Waals surface area contributed by atoms with E-state index >= 15 is 0 Å². The Morgan fingerprint density at radius 3 is 2.42 bits per heavy atom. The molecule has 3 rings (SSSR count). The molecule has 2 aromatic rings. The lowest BCUT2D eigenvalue weighted by Gasteiger charge is -2.27. The summed E-state index contributed by atoms with van der Waals surface area (Å²) in [6.07, 6.45) is 0.806. The van der Waals surface area contributed by atoms with Crippen molar-refractivity contribution in [2.24, 2.45) is 0 Å². The van der Waals surface area contributed by atoms with Gasteiger partial charge >= 0.3 is 0 Å². The fourth-order valence-corrected chi connectivity index (χ4v) is 3.27. The lowest BCUT2D eigenvalue weighted by molar-refractivity contribution is 0.270. The van der Waals surface area contributed by atoms with E-state index in [4.69, 9.17) is 0 Å². The Hall–Kier alpha value is -1.80. The molecule has 2 heteroatoms. The Labute approximate surface area is 114 Å². The van der Waals surface area contributed by atoms with E-state index in [9.17, 15) is 5.11 Å². The first-order chi connectivity index (χ1) is 9.33. The van der Waals surface area contributed by atoms with Gasteiger partial charge in [-0.3, -0.25) is 0 Å². The largest absolute Gasteiger partial charge is 0.396 e. The zero-order valence-corrected chi connectivity index (χ0v) is 11.2. The lowest BCUT2D eigenvalue weighted by atomic mass is 9.88. The highest BCUT2D eigenvalue weighted by Gasteiger charge is 2.36. The second-order valence-electron chi connectivity index (χ2n) is 5.14. The average Bonchev–Trinajstić information content (AvgIpc) is 2.74. The third-order valence-electron chi connectivity index (χ3n) is 4.10. The van der Waals surface area contributed by atoms with Crippen LogP contribution in [0.3, 0.4) is 0 Å². The summed E-state index contributed by atoms with van der Waals surface area (Å²) in [7, 11) is 2.15. The molecule has 0 spiro atoms. The fraction of sp³-hybridized carbons (Fsp3) is 0.294.